The van der Waals surface area contributed by atoms with Crippen LogP contribution in [0.25, 0.3) is 71.3 Å². The molecule has 0 fully saturated rings. The van der Waals surface area contributed by atoms with Gasteiger partial charge in [-0.2, -0.15) is 0 Å². The first-order chi connectivity index (χ1) is 31.8. The highest BCUT2D eigenvalue weighted by molar-refractivity contribution is 6.12. The van der Waals surface area contributed by atoms with Crippen LogP contribution in [0.5, 0.6) is 0 Å². The largest absolute Gasteiger partial charge is 0.309 e. The van der Waals surface area contributed by atoms with Crippen molar-refractivity contribution in [3.63, 3.8) is 0 Å². The van der Waals surface area contributed by atoms with E-state index in [0.717, 1.165) is 88.7 Å². The fourth-order valence-corrected chi connectivity index (χ4v) is 10.4. The van der Waals surface area contributed by atoms with Crippen molar-refractivity contribution >= 4 is 60.4 Å². The van der Waals surface area contributed by atoms with Crippen molar-refractivity contribution in [3.8, 4) is 27.9 Å². The minimum atomic E-state index is -1.18. The topological polar surface area (TPSA) is 8.17 Å². The molecule has 1 atom stereocenters. The molecule has 0 radical (unpaired) electrons. The summed E-state index contributed by atoms with van der Waals surface area (Å²) in [6.07, 6.45) is 0. The van der Waals surface area contributed by atoms with Crippen LogP contribution in [0.2, 0.25) is 0 Å². The number of rotatable bonds is 4. The van der Waals surface area contributed by atoms with E-state index in [9.17, 15) is 6.85 Å². The van der Waals surface area contributed by atoms with Crippen molar-refractivity contribution in [3.05, 3.63) is 240 Å². The smallest absolute Gasteiger partial charge is 0.0726 e. The van der Waals surface area contributed by atoms with Gasteiger partial charge in [-0.1, -0.05) is 176 Å². The molecule has 13 rings (SSSR count). The molecule has 1 heterocycles. The highest BCUT2D eigenvalue weighted by Crippen LogP contribution is 2.64. The Kier molecular flexibility index (Phi) is 5.57. The Labute approximate surface area is 350 Å². The average Bonchev–Trinajstić information content (AvgIpc) is 3.83. The molecule has 2 nitrogen and oxygen atoms in total. The van der Waals surface area contributed by atoms with E-state index in [-0.39, 0.29) is 41.6 Å². The third kappa shape index (κ3) is 4.30. The summed E-state index contributed by atoms with van der Waals surface area (Å²) < 4.78 is 58.2. The van der Waals surface area contributed by atoms with Crippen LogP contribution in [0.15, 0.2) is 218 Å². The van der Waals surface area contributed by atoms with Crippen molar-refractivity contribution in [2.24, 2.45) is 0 Å². The summed E-state index contributed by atoms with van der Waals surface area (Å²) >= 11 is 0. The first kappa shape index (κ1) is 27.0. The quantitative estimate of drug-likeness (QED) is 0.174. The second kappa shape index (κ2) is 12.2. The lowest BCUT2D eigenvalue weighted by atomic mass is 9.61. The molecule has 2 aliphatic carbocycles. The van der Waals surface area contributed by atoms with E-state index in [2.05, 4.69) is 155 Å². The predicted octanol–water partition coefficient (Wildman–Crippen LogP) is 14.9. The highest BCUT2D eigenvalue weighted by atomic mass is 15.1. The Morgan fingerprint density at radius 1 is 0.424 bits per heavy atom. The summed E-state index contributed by atoms with van der Waals surface area (Å²) in [5.41, 5.74) is 11.1. The van der Waals surface area contributed by atoms with Crippen LogP contribution >= 0.6 is 0 Å². The van der Waals surface area contributed by atoms with E-state index in [1.807, 2.05) is 36.4 Å². The van der Waals surface area contributed by atoms with Crippen LogP contribution in [-0.2, 0) is 5.41 Å². The number of hydrogen-bond acceptors (Lipinski definition) is 1. The molecule has 0 aliphatic heterocycles. The third-order valence-corrected chi connectivity index (χ3v) is 12.7. The molecule has 2 aliphatic rings. The molecule has 0 amide bonds. The van der Waals surface area contributed by atoms with Crippen molar-refractivity contribution < 1.29 is 8.22 Å². The van der Waals surface area contributed by atoms with Crippen LogP contribution in [0.1, 0.15) is 30.5 Å². The first-order valence-electron chi connectivity index (χ1n) is 23.0. The average molecular weight is 755 g/mol. The zero-order chi connectivity index (χ0) is 43.9. The summed E-state index contributed by atoms with van der Waals surface area (Å²) in [4.78, 5) is 2.36. The van der Waals surface area contributed by atoms with Crippen LogP contribution in [-0.4, -0.2) is 4.57 Å². The molecule has 0 N–H and O–H groups in total. The maximum atomic E-state index is 9.88. The molecule has 1 spiro atoms. The zero-order valence-corrected chi connectivity index (χ0v) is 31.7. The lowest BCUT2D eigenvalue weighted by Gasteiger charge is -2.40. The number of anilines is 3. The molecule has 2 heteroatoms. The molecule has 1 aromatic heterocycles. The van der Waals surface area contributed by atoms with E-state index in [0.29, 0.717) is 16.5 Å². The molecule has 274 valence electrons. The SMILES string of the molecule is [2H]c1c([2H])c2c3c(c([2H])c([2H])c([2H])c3c1[2H])C1(c3ccccc3-c3c(N(c4ccc5c6ccccc6n(-c6ccccc6)c5c4)c4cccc5ccccc45)cccc31)c1ccccc1-2. The Balaban J connectivity index is 1.19. The monoisotopic (exact) mass is 754 g/mol. The Morgan fingerprint density at radius 3 is 1.95 bits per heavy atom. The number of para-hydroxylation sites is 2. The molecule has 10 aromatic carbocycles. The maximum Gasteiger partial charge on any atom is 0.0726 e. The Hall–Kier alpha value is -7.68. The zero-order valence-electron chi connectivity index (χ0n) is 37.7. The van der Waals surface area contributed by atoms with Crippen molar-refractivity contribution in [1.82, 2.24) is 4.57 Å². The van der Waals surface area contributed by atoms with Crippen molar-refractivity contribution in [1.29, 1.82) is 0 Å². The van der Waals surface area contributed by atoms with E-state index in [1.54, 1.807) is 0 Å². The minimum Gasteiger partial charge on any atom is -0.309 e. The summed E-state index contributed by atoms with van der Waals surface area (Å²) in [5, 5.41) is 5.04. The van der Waals surface area contributed by atoms with Gasteiger partial charge in [-0.3, -0.25) is 0 Å². The summed E-state index contributed by atoms with van der Waals surface area (Å²) in [7, 11) is 0. The lowest BCUT2D eigenvalue weighted by molar-refractivity contribution is 0.773. The van der Waals surface area contributed by atoms with Gasteiger partial charge in [0.15, 0.2) is 0 Å². The van der Waals surface area contributed by atoms with Crippen molar-refractivity contribution in [2.75, 3.05) is 4.90 Å². The number of aromatic nitrogens is 1. The van der Waals surface area contributed by atoms with Gasteiger partial charge in [-0.15, -0.1) is 0 Å². The Morgan fingerprint density at radius 2 is 1.07 bits per heavy atom. The molecule has 59 heavy (non-hydrogen) atoms. The van der Waals surface area contributed by atoms with E-state index < -0.39 is 5.41 Å². The molecule has 0 bridgehead atoms. The summed E-state index contributed by atoms with van der Waals surface area (Å²) in [5.74, 6) is 0. The lowest BCUT2D eigenvalue weighted by Crippen LogP contribution is -2.31. The van der Waals surface area contributed by atoms with Gasteiger partial charge in [0, 0.05) is 33.1 Å². The van der Waals surface area contributed by atoms with Gasteiger partial charge in [-0.05, 0) is 97.6 Å². The molecule has 1 unspecified atom stereocenters. The fourth-order valence-electron chi connectivity index (χ4n) is 10.4. The van der Waals surface area contributed by atoms with Crippen LogP contribution in [0.4, 0.5) is 17.1 Å². The third-order valence-electron chi connectivity index (χ3n) is 12.7. The minimum absolute atomic E-state index is 0.117. The molecule has 11 aromatic rings. The predicted molar refractivity (Wildman–Crippen MR) is 247 cm³/mol. The number of benzene rings is 10. The van der Waals surface area contributed by atoms with E-state index in [1.165, 1.54) is 0 Å². The highest BCUT2D eigenvalue weighted by Gasteiger charge is 2.51. The van der Waals surface area contributed by atoms with Crippen LogP contribution in [0, 0.1) is 0 Å². The molecular formula is C57H36N2. The normalized spacial score (nSPS) is 16.3. The van der Waals surface area contributed by atoms with Gasteiger partial charge in [0.25, 0.3) is 0 Å². The Bertz CT molecular complexity index is 3860. The van der Waals surface area contributed by atoms with Gasteiger partial charge < -0.3 is 9.47 Å². The maximum absolute atomic E-state index is 9.88. The number of hydrogen-bond donors (Lipinski definition) is 0. The fraction of sp³-hybridized carbons (Fsp3) is 0.0175. The van der Waals surface area contributed by atoms with Crippen molar-refractivity contribution in [2.45, 2.75) is 5.41 Å². The summed E-state index contributed by atoms with van der Waals surface area (Å²) in [6.45, 7) is 0. The summed E-state index contributed by atoms with van der Waals surface area (Å²) in [6, 6.07) is 61.9. The van der Waals surface area contributed by atoms with Gasteiger partial charge in [0.05, 0.1) is 36.0 Å². The second-order valence-electron chi connectivity index (χ2n) is 15.5. The second-order valence-corrected chi connectivity index (χ2v) is 15.5. The van der Waals surface area contributed by atoms with Crippen LogP contribution in [0.3, 0.4) is 0 Å². The van der Waals surface area contributed by atoms with Gasteiger partial charge in [0.1, 0.15) is 0 Å². The molecular weight excluding hydrogens is 713 g/mol. The van der Waals surface area contributed by atoms with Gasteiger partial charge >= 0.3 is 0 Å². The first-order valence-corrected chi connectivity index (χ1v) is 20.0. The van der Waals surface area contributed by atoms with E-state index >= 15 is 0 Å². The standard InChI is InChI=1S/C57H36N2/c1-2-20-39(21-3-1)58-52-31-11-8-24-43(52)44-35-34-40(36-54(44)58)59(51-32-14-17-37-16-4-5-22-41(37)51)53-33-15-30-50-56(53)46-25-7-10-28-48(46)57(50)47-27-9-6-23-42(47)45-26-12-18-38-19-13-29-49(57)55(38)45/h1-36H/i12D,13D,18D,19D,26D,29D. The number of nitrogens with zero attached hydrogens (tertiary/aromatic N) is 2. The van der Waals surface area contributed by atoms with Gasteiger partial charge in [0.2, 0.25) is 0 Å². The van der Waals surface area contributed by atoms with Crippen LogP contribution < -0.4 is 4.90 Å². The van der Waals surface area contributed by atoms with Gasteiger partial charge in [-0.25, -0.2) is 0 Å². The molecule has 0 saturated heterocycles. The number of fused-ring (bicyclic) bond motifs is 13. The molecule has 0 saturated carbocycles. The van der Waals surface area contributed by atoms with E-state index in [4.69, 9.17) is 1.37 Å².